The van der Waals surface area contributed by atoms with E-state index in [4.69, 9.17) is 10.5 Å². The van der Waals surface area contributed by atoms with Crippen molar-refractivity contribution in [1.82, 2.24) is 4.90 Å². The molecule has 2 N–H and O–H groups in total. The third kappa shape index (κ3) is 2.85. The van der Waals surface area contributed by atoms with Crippen molar-refractivity contribution in [3.8, 4) is 5.75 Å². The molecule has 1 aliphatic carbocycles. The number of hydrogen-bond acceptors (Lipinski definition) is 3. The van der Waals surface area contributed by atoms with E-state index >= 15 is 0 Å². The molecule has 100 valence electrons. The first-order valence-corrected chi connectivity index (χ1v) is 6.83. The molecular weight excluding hydrogens is 224 g/mol. The van der Waals surface area contributed by atoms with Crippen LogP contribution in [-0.4, -0.2) is 32.1 Å². The Morgan fingerprint density at radius 2 is 2.28 bits per heavy atom. The van der Waals surface area contributed by atoms with Gasteiger partial charge in [-0.1, -0.05) is 6.07 Å². The summed E-state index contributed by atoms with van der Waals surface area (Å²) < 4.78 is 5.31. The second-order valence-electron chi connectivity index (χ2n) is 5.10. The summed E-state index contributed by atoms with van der Waals surface area (Å²) in [4.78, 5) is 2.44. The van der Waals surface area contributed by atoms with Crippen molar-refractivity contribution in [3.63, 3.8) is 0 Å². The van der Waals surface area contributed by atoms with Crippen molar-refractivity contribution in [2.45, 2.75) is 31.7 Å². The van der Waals surface area contributed by atoms with E-state index < -0.39 is 0 Å². The molecule has 0 aliphatic heterocycles. The van der Waals surface area contributed by atoms with Crippen LogP contribution in [0.15, 0.2) is 18.2 Å². The van der Waals surface area contributed by atoms with Gasteiger partial charge in [0, 0.05) is 6.04 Å². The van der Waals surface area contributed by atoms with Gasteiger partial charge in [-0.2, -0.15) is 0 Å². The molecule has 0 saturated carbocycles. The second kappa shape index (κ2) is 6.21. The molecule has 1 aromatic carbocycles. The first kappa shape index (κ1) is 13.4. The summed E-state index contributed by atoms with van der Waals surface area (Å²) in [5.41, 5.74) is 8.52. The van der Waals surface area contributed by atoms with E-state index in [9.17, 15) is 0 Å². The monoisotopic (exact) mass is 248 g/mol. The summed E-state index contributed by atoms with van der Waals surface area (Å²) in [5, 5.41) is 0. The van der Waals surface area contributed by atoms with Crippen LogP contribution in [0.4, 0.5) is 0 Å². The van der Waals surface area contributed by atoms with E-state index in [-0.39, 0.29) is 0 Å². The highest BCUT2D eigenvalue weighted by Gasteiger charge is 2.23. The lowest BCUT2D eigenvalue weighted by atomic mass is 9.86. The minimum atomic E-state index is 0.547. The number of fused-ring (bicyclic) bond motifs is 1. The average molecular weight is 248 g/mol. The Hall–Kier alpha value is -1.06. The van der Waals surface area contributed by atoms with Crippen LogP contribution in [0.3, 0.4) is 0 Å². The third-order valence-electron chi connectivity index (χ3n) is 3.88. The fourth-order valence-electron chi connectivity index (χ4n) is 2.85. The third-order valence-corrected chi connectivity index (χ3v) is 3.88. The van der Waals surface area contributed by atoms with Crippen LogP contribution < -0.4 is 10.5 Å². The number of benzene rings is 1. The number of rotatable bonds is 5. The molecule has 1 aromatic rings. The van der Waals surface area contributed by atoms with E-state index in [2.05, 4.69) is 30.1 Å². The highest BCUT2D eigenvalue weighted by molar-refractivity contribution is 5.39. The smallest absolute Gasteiger partial charge is 0.119 e. The Balaban J connectivity index is 2.17. The normalized spacial score (nSPS) is 18.8. The van der Waals surface area contributed by atoms with Crippen molar-refractivity contribution in [2.24, 2.45) is 5.73 Å². The molecule has 1 aliphatic rings. The van der Waals surface area contributed by atoms with Crippen LogP contribution in [0.1, 0.15) is 36.4 Å². The molecule has 18 heavy (non-hydrogen) atoms. The second-order valence-corrected chi connectivity index (χ2v) is 5.10. The van der Waals surface area contributed by atoms with Gasteiger partial charge in [-0.25, -0.2) is 0 Å². The van der Waals surface area contributed by atoms with Gasteiger partial charge in [0.2, 0.25) is 0 Å². The molecule has 0 heterocycles. The molecule has 1 atom stereocenters. The van der Waals surface area contributed by atoms with E-state index in [0.29, 0.717) is 6.04 Å². The fraction of sp³-hybridized carbons (Fsp3) is 0.600. The minimum absolute atomic E-state index is 0.547. The largest absolute Gasteiger partial charge is 0.497 e. The van der Waals surface area contributed by atoms with Gasteiger partial charge in [0.25, 0.3) is 0 Å². The van der Waals surface area contributed by atoms with Crippen LogP contribution in [0, 0.1) is 0 Å². The molecule has 0 saturated heterocycles. The van der Waals surface area contributed by atoms with Crippen molar-refractivity contribution in [2.75, 3.05) is 27.2 Å². The van der Waals surface area contributed by atoms with Gasteiger partial charge in [0.15, 0.2) is 0 Å². The molecule has 0 fully saturated rings. The number of aryl methyl sites for hydroxylation is 1. The first-order chi connectivity index (χ1) is 8.76. The minimum Gasteiger partial charge on any atom is -0.497 e. The van der Waals surface area contributed by atoms with Crippen LogP contribution in [0.5, 0.6) is 5.75 Å². The molecule has 0 bridgehead atoms. The molecule has 3 heteroatoms. The molecule has 0 radical (unpaired) electrons. The van der Waals surface area contributed by atoms with Gasteiger partial charge in [-0.3, -0.25) is 4.90 Å². The number of nitrogens with two attached hydrogens (primary N) is 1. The lowest BCUT2D eigenvalue weighted by Gasteiger charge is -2.33. The van der Waals surface area contributed by atoms with Crippen LogP contribution in [0.2, 0.25) is 0 Å². The van der Waals surface area contributed by atoms with Crippen LogP contribution in [-0.2, 0) is 6.42 Å². The summed E-state index contributed by atoms with van der Waals surface area (Å²) in [6.45, 7) is 1.85. The van der Waals surface area contributed by atoms with Crippen molar-refractivity contribution < 1.29 is 4.74 Å². The molecular formula is C15H24N2O. The highest BCUT2D eigenvalue weighted by Crippen LogP contribution is 2.35. The zero-order valence-corrected chi connectivity index (χ0v) is 11.5. The SMILES string of the molecule is COc1ccc2c(c1)CCCC2N(C)CCCN. The molecule has 3 nitrogen and oxygen atoms in total. The maximum Gasteiger partial charge on any atom is 0.119 e. The fourth-order valence-corrected chi connectivity index (χ4v) is 2.85. The summed E-state index contributed by atoms with van der Waals surface area (Å²) in [7, 11) is 3.94. The molecule has 0 spiro atoms. The van der Waals surface area contributed by atoms with Gasteiger partial charge in [0.1, 0.15) is 5.75 Å². The standard InChI is InChI=1S/C15H24N2O/c1-17(10-4-9-16)15-6-3-5-12-11-13(18-2)7-8-14(12)15/h7-8,11,15H,3-6,9-10,16H2,1-2H3. The van der Waals surface area contributed by atoms with E-state index in [1.165, 1.54) is 30.4 Å². The number of hydrogen-bond donors (Lipinski definition) is 1. The zero-order valence-electron chi connectivity index (χ0n) is 11.5. The van der Waals surface area contributed by atoms with E-state index in [1.807, 2.05) is 0 Å². The lowest BCUT2D eigenvalue weighted by molar-refractivity contribution is 0.220. The first-order valence-electron chi connectivity index (χ1n) is 6.83. The Labute approximate surface area is 110 Å². The number of nitrogens with zero attached hydrogens (tertiary/aromatic N) is 1. The van der Waals surface area contributed by atoms with Gasteiger partial charge < -0.3 is 10.5 Å². The molecule has 0 aromatic heterocycles. The topological polar surface area (TPSA) is 38.5 Å². The van der Waals surface area contributed by atoms with Gasteiger partial charge in [-0.05, 0) is 69.1 Å². The molecule has 0 amide bonds. The Kier molecular flexibility index (Phi) is 4.61. The predicted octanol–water partition coefficient (Wildman–Crippen LogP) is 2.35. The van der Waals surface area contributed by atoms with E-state index in [1.54, 1.807) is 7.11 Å². The van der Waals surface area contributed by atoms with Crippen molar-refractivity contribution in [3.05, 3.63) is 29.3 Å². The summed E-state index contributed by atoms with van der Waals surface area (Å²) in [5.74, 6) is 0.971. The molecule has 1 unspecified atom stereocenters. The van der Waals surface area contributed by atoms with E-state index in [0.717, 1.165) is 25.3 Å². The Morgan fingerprint density at radius 3 is 3.00 bits per heavy atom. The number of ether oxygens (including phenoxy) is 1. The van der Waals surface area contributed by atoms with Crippen LogP contribution in [0.25, 0.3) is 0 Å². The summed E-state index contributed by atoms with van der Waals surface area (Å²) in [6, 6.07) is 7.05. The lowest BCUT2D eigenvalue weighted by Crippen LogP contribution is -2.29. The predicted molar refractivity (Wildman–Crippen MR) is 75.0 cm³/mol. The molecule has 2 rings (SSSR count). The number of methoxy groups -OCH3 is 1. The van der Waals surface area contributed by atoms with Gasteiger partial charge in [-0.15, -0.1) is 0 Å². The van der Waals surface area contributed by atoms with Crippen molar-refractivity contribution in [1.29, 1.82) is 0 Å². The van der Waals surface area contributed by atoms with Gasteiger partial charge >= 0.3 is 0 Å². The Bertz CT molecular complexity index is 392. The Morgan fingerprint density at radius 1 is 1.44 bits per heavy atom. The maximum atomic E-state index is 5.60. The zero-order chi connectivity index (χ0) is 13.0. The quantitative estimate of drug-likeness (QED) is 0.869. The average Bonchev–Trinajstić information content (AvgIpc) is 2.43. The van der Waals surface area contributed by atoms with Crippen molar-refractivity contribution >= 4 is 0 Å². The van der Waals surface area contributed by atoms with Gasteiger partial charge in [0.05, 0.1) is 7.11 Å². The highest BCUT2D eigenvalue weighted by atomic mass is 16.5. The summed E-state index contributed by atoms with van der Waals surface area (Å²) >= 11 is 0. The summed E-state index contributed by atoms with van der Waals surface area (Å²) in [6.07, 6.45) is 4.75. The maximum absolute atomic E-state index is 5.60. The van der Waals surface area contributed by atoms with Crippen LogP contribution >= 0.6 is 0 Å².